The average Bonchev–Trinajstić information content (AvgIpc) is 2.79. The van der Waals surface area contributed by atoms with Gasteiger partial charge in [0.1, 0.15) is 7.47 Å². The van der Waals surface area contributed by atoms with Crippen LogP contribution in [0.25, 0.3) is 10.8 Å². The van der Waals surface area contributed by atoms with Gasteiger partial charge in [0.25, 0.3) is 0 Å². The molecule has 0 fully saturated rings. The summed E-state index contributed by atoms with van der Waals surface area (Å²) in [5, 5.41) is 2.40. The van der Waals surface area contributed by atoms with Crippen molar-refractivity contribution >= 4 is 10.8 Å². The van der Waals surface area contributed by atoms with Gasteiger partial charge in [-0.1, -0.05) is 55.1 Å². The van der Waals surface area contributed by atoms with Crippen LogP contribution in [-0.2, 0) is 4.74 Å². The first kappa shape index (κ1) is 9.06. The Labute approximate surface area is 102 Å². The zero-order chi connectivity index (χ0) is 12.5. The lowest BCUT2D eigenvalue weighted by Crippen LogP contribution is -1.96. The standard InChI is InChI=1S/C16H14O/c1-2-12-10-16(17-11-12)15-9-5-7-13-6-3-4-8-14(13)15/h2-9,11,16H,1,10H2/i11D. The van der Waals surface area contributed by atoms with Gasteiger partial charge in [0.15, 0.2) is 0 Å². The molecular formula is C16H14O. The van der Waals surface area contributed by atoms with Crippen LogP contribution >= 0.6 is 0 Å². The maximum atomic E-state index is 7.76. The van der Waals surface area contributed by atoms with Crippen molar-refractivity contribution in [3.8, 4) is 0 Å². The van der Waals surface area contributed by atoms with E-state index in [9.17, 15) is 0 Å². The predicted molar refractivity (Wildman–Crippen MR) is 70.7 cm³/mol. The topological polar surface area (TPSA) is 9.23 Å². The molecule has 1 atom stereocenters. The molecule has 3 rings (SSSR count). The van der Waals surface area contributed by atoms with Crippen molar-refractivity contribution in [2.45, 2.75) is 12.5 Å². The molecule has 0 spiro atoms. The monoisotopic (exact) mass is 223 g/mol. The molecule has 0 amide bonds. The highest BCUT2D eigenvalue weighted by molar-refractivity contribution is 5.86. The summed E-state index contributed by atoms with van der Waals surface area (Å²) in [6.07, 6.45) is 2.64. The van der Waals surface area contributed by atoms with E-state index in [4.69, 9.17) is 6.11 Å². The van der Waals surface area contributed by atoms with Crippen molar-refractivity contribution in [2.75, 3.05) is 0 Å². The molecule has 0 saturated heterocycles. The van der Waals surface area contributed by atoms with Crippen molar-refractivity contribution in [3.05, 3.63) is 72.5 Å². The normalized spacial score (nSPS) is 20.2. The maximum Gasteiger partial charge on any atom is 0.128 e. The summed E-state index contributed by atoms with van der Waals surface area (Å²) >= 11 is 0. The molecule has 0 radical (unpaired) electrons. The first-order chi connectivity index (χ1) is 8.79. The summed E-state index contributed by atoms with van der Waals surface area (Å²) in [6.45, 7) is 3.73. The van der Waals surface area contributed by atoms with E-state index >= 15 is 0 Å². The number of benzene rings is 2. The van der Waals surface area contributed by atoms with Gasteiger partial charge in [0, 0.05) is 12.0 Å². The van der Waals surface area contributed by atoms with Crippen LogP contribution in [0.15, 0.2) is 66.9 Å². The van der Waals surface area contributed by atoms with E-state index < -0.39 is 0 Å². The van der Waals surface area contributed by atoms with Gasteiger partial charge in [0.2, 0.25) is 0 Å². The Morgan fingerprint density at radius 2 is 2.06 bits per heavy atom. The molecule has 2 aromatic rings. The van der Waals surface area contributed by atoms with Gasteiger partial charge < -0.3 is 4.74 Å². The highest BCUT2D eigenvalue weighted by atomic mass is 16.5. The summed E-state index contributed by atoms with van der Waals surface area (Å²) < 4.78 is 13.4. The van der Waals surface area contributed by atoms with Gasteiger partial charge in [-0.15, -0.1) is 0 Å². The summed E-state index contributed by atoms with van der Waals surface area (Å²) in [5.41, 5.74) is 2.03. The number of ether oxygens (including phenoxy) is 1. The zero-order valence-electron chi connectivity index (χ0n) is 10.5. The summed E-state index contributed by atoms with van der Waals surface area (Å²) in [4.78, 5) is 0. The molecule has 2 aromatic carbocycles. The lowest BCUT2D eigenvalue weighted by molar-refractivity contribution is 0.174. The number of hydrogen-bond acceptors (Lipinski definition) is 1. The summed E-state index contributed by atoms with van der Waals surface area (Å²) in [5.74, 6) is 0. The van der Waals surface area contributed by atoms with Crippen LogP contribution < -0.4 is 0 Å². The Bertz CT molecular complexity index is 637. The Morgan fingerprint density at radius 3 is 2.88 bits per heavy atom. The van der Waals surface area contributed by atoms with Crippen LogP contribution in [0.5, 0.6) is 0 Å². The van der Waals surface area contributed by atoms with Crippen molar-refractivity contribution < 1.29 is 6.11 Å². The zero-order valence-corrected chi connectivity index (χ0v) is 9.52. The SMILES string of the molecule is [2H]C1=C(C=C)CC(c2cccc3ccccc23)O1. The molecule has 84 valence electrons. The Hall–Kier alpha value is -2.02. The molecule has 17 heavy (non-hydrogen) atoms. The fourth-order valence-corrected chi connectivity index (χ4v) is 2.26. The largest absolute Gasteiger partial charge is 0.493 e. The molecule has 1 heterocycles. The van der Waals surface area contributed by atoms with Crippen molar-refractivity contribution in [3.63, 3.8) is 0 Å². The predicted octanol–water partition coefficient (Wildman–Crippen LogP) is 4.37. The molecule has 0 bridgehead atoms. The number of rotatable bonds is 2. The first-order valence-corrected chi connectivity index (χ1v) is 5.76. The van der Waals surface area contributed by atoms with Gasteiger partial charge in [-0.3, -0.25) is 0 Å². The van der Waals surface area contributed by atoms with Crippen molar-refractivity contribution in [2.24, 2.45) is 0 Å². The minimum atomic E-state index is -0.0587. The Morgan fingerprint density at radius 1 is 1.24 bits per heavy atom. The molecule has 1 nitrogen and oxygen atoms in total. The van der Waals surface area contributed by atoms with Gasteiger partial charge >= 0.3 is 0 Å². The van der Waals surface area contributed by atoms with E-state index in [1.54, 1.807) is 6.08 Å². The quantitative estimate of drug-likeness (QED) is 0.734. The molecule has 1 unspecified atom stereocenters. The molecule has 0 N–H and O–H groups in total. The minimum absolute atomic E-state index is 0.0587. The third-order valence-electron chi connectivity index (χ3n) is 3.15. The van der Waals surface area contributed by atoms with Crippen LogP contribution in [0, 0.1) is 0 Å². The van der Waals surface area contributed by atoms with Crippen LogP contribution in [-0.4, -0.2) is 0 Å². The Balaban J connectivity index is 2.04. The molecule has 0 aliphatic carbocycles. The lowest BCUT2D eigenvalue weighted by atomic mass is 9.97. The fraction of sp³-hybridized carbons (Fsp3) is 0.125. The number of fused-ring (bicyclic) bond motifs is 1. The summed E-state index contributed by atoms with van der Waals surface area (Å²) in [6, 6.07) is 14.5. The second-order valence-corrected chi connectivity index (χ2v) is 4.21. The van der Waals surface area contributed by atoms with E-state index in [2.05, 4.69) is 30.8 Å². The lowest BCUT2D eigenvalue weighted by Gasteiger charge is -2.13. The van der Waals surface area contributed by atoms with E-state index in [-0.39, 0.29) is 12.3 Å². The average molecular weight is 223 g/mol. The van der Waals surface area contributed by atoms with E-state index in [0.717, 1.165) is 17.6 Å². The highest BCUT2D eigenvalue weighted by Gasteiger charge is 2.20. The van der Waals surface area contributed by atoms with Crippen molar-refractivity contribution in [1.29, 1.82) is 0 Å². The minimum Gasteiger partial charge on any atom is -0.493 e. The van der Waals surface area contributed by atoms with Crippen LogP contribution in [0.4, 0.5) is 0 Å². The van der Waals surface area contributed by atoms with E-state index in [0.29, 0.717) is 0 Å². The maximum absolute atomic E-state index is 7.76. The second-order valence-electron chi connectivity index (χ2n) is 4.21. The third-order valence-corrected chi connectivity index (χ3v) is 3.15. The van der Waals surface area contributed by atoms with Gasteiger partial charge in [-0.05, 0) is 16.3 Å². The molecule has 1 heteroatoms. The number of hydrogen-bond donors (Lipinski definition) is 0. The third kappa shape index (κ3) is 1.74. The Kier molecular flexibility index (Phi) is 2.18. The molecular weight excluding hydrogens is 208 g/mol. The van der Waals surface area contributed by atoms with E-state index in [1.165, 1.54) is 10.8 Å². The van der Waals surface area contributed by atoms with Gasteiger partial charge in [0.05, 0.1) is 6.24 Å². The van der Waals surface area contributed by atoms with Gasteiger partial charge in [-0.2, -0.15) is 0 Å². The van der Waals surface area contributed by atoms with Crippen molar-refractivity contribution in [1.82, 2.24) is 0 Å². The molecule has 1 aliphatic heterocycles. The van der Waals surface area contributed by atoms with Crippen LogP contribution in [0.1, 0.15) is 19.5 Å². The molecule has 0 saturated carbocycles. The smallest absolute Gasteiger partial charge is 0.128 e. The number of allylic oxidation sites excluding steroid dienone is 1. The van der Waals surface area contributed by atoms with E-state index in [1.807, 2.05) is 18.2 Å². The fourth-order valence-electron chi connectivity index (χ4n) is 2.26. The highest BCUT2D eigenvalue weighted by Crippen LogP contribution is 2.35. The summed E-state index contributed by atoms with van der Waals surface area (Å²) in [7, 11) is 0. The first-order valence-electron chi connectivity index (χ1n) is 6.26. The second kappa shape index (κ2) is 4.10. The van der Waals surface area contributed by atoms with Crippen LogP contribution in [0.2, 0.25) is 0 Å². The molecule has 1 aliphatic rings. The van der Waals surface area contributed by atoms with Gasteiger partial charge in [-0.25, -0.2) is 0 Å². The molecule has 0 aromatic heterocycles. The van der Waals surface area contributed by atoms with Crippen LogP contribution in [0.3, 0.4) is 0 Å².